The van der Waals surface area contributed by atoms with Crippen molar-refractivity contribution in [2.75, 3.05) is 0 Å². The molecule has 0 bridgehead atoms. The summed E-state index contributed by atoms with van der Waals surface area (Å²) in [6, 6.07) is 5.52. The summed E-state index contributed by atoms with van der Waals surface area (Å²) in [7, 11) is 0. The van der Waals surface area contributed by atoms with E-state index in [2.05, 4.69) is 17.1 Å². The Bertz CT molecular complexity index is 353. The Balaban J connectivity index is 0.00000169. The van der Waals surface area contributed by atoms with Crippen molar-refractivity contribution in [2.45, 2.75) is 0 Å². The number of aromatic carboxylic acids is 1. The summed E-state index contributed by atoms with van der Waals surface area (Å²) < 4.78 is 4.13. The molecule has 0 unspecified atom stereocenters. The maximum absolute atomic E-state index is 10.9. The van der Waals surface area contributed by atoms with E-state index in [4.69, 9.17) is 5.11 Å². The molecular formula is C8H7NaO4S. The monoisotopic (exact) mass is 222 g/mol. The summed E-state index contributed by atoms with van der Waals surface area (Å²) in [5.74, 6) is -1.76. The van der Waals surface area contributed by atoms with E-state index in [1.807, 2.05) is 0 Å². The molecule has 4 nitrogen and oxygen atoms in total. The Morgan fingerprint density at radius 3 is 2.36 bits per heavy atom. The molecule has 0 spiro atoms. The summed E-state index contributed by atoms with van der Waals surface area (Å²) in [5.41, 5.74) is 0.200. The van der Waals surface area contributed by atoms with Gasteiger partial charge < -0.3 is 9.29 Å². The van der Waals surface area contributed by atoms with Crippen molar-refractivity contribution in [3.8, 4) is 0 Å². The third kappa shape index (κ3) is 3.34. The zero-order valence-corrected chi connectivity index (χ0v) is 7.32. The third-order valence-electron chi connectivity index (χ3n) is 1.43. The molecule has 0 aliphatic carbocycles. The molecule has 0 aliphatic rings. The van der Waals surface area contributed by atoms with Crippen LogP contribution >= 0.6 is 12.9 Å². The SMILES string of the molecule is O=C(O)c1cccc(C(=O)OS)c1.[NaH]. The van der Waals surface area contributed by atoms with Crippen LogP contribution in [0.3, 0.4) is 0 Å². The van der Waals surface area contributed by atoms with Gasteiger partial charge in [-0.1, -0.05) is 6.07 Å². The first kappa shape index (κ1) is 13.5. The molecule has 0 fully saturated rings. The van der Waals surface area contributed by atoms with Crippen molar-refractivity contribution in [1.82, 2.24) is 0 Å². The average Bonchev–Trinajstić information content (AvgIpc) is 2.17. The number of carboxylic acids is 1. The molecular weight excluding hydrogens is 215 g/mol. The maximum atomic E-state index is 10.9. The molecule has 0 aliphatic heterocycles. The number of carbonyl (C=O) groups excluding carboxylic acids is 1. The second kappa shape index (κ2) is 6.08. The van der Waals surface area contributed by atoms with Gasteiger partial charge in [-0.2, -0.15) is 0 Å². The molecule has 0 radical (unpaired) electrons. The summed E-state index contributed by atoms with van der Waals surface area (Å²) in [6.45, 7) is 0. The van der Waals surface area contributed by atoms with E-state index >= 15 is 0 Å². The third-order valence-corrected chi connectivity index (χ3v) is 1.59. The van der Waals surface area contributed by atoms with Crippen molar-refractivity contribution in [3.05, 3.63) is 35.4 Å². The number of hydrogen-bond donors (Lipinski definition) is 2. The van der Waals surface area contributed by atoms with Crippen LogP contribution in [0.2, 0.25) is 0 Å². The van der Waals surface area contributed by atoms with Crippen LogP contribution in [-0.4, -0.2) is 46.6 Å². The summed E-state index contributed by atoms with van der Waals surface area (Å²) >= 11 is 3.32. The van der Waals surface area contributed by atoms with Crippen molar-refractivity contribution in [1.29, 1.82) is 0 Å². The Morgan fingerprint density at radius 1 is 1.29 bits per heavy atom. The fourth-order valence-corrected chi connectivity index (χ4v) is 0.937. The van der Waals surface area contributed by atoms with E-state index in [-0.39, 0.29) is 40.7 Å². The first-order valence-corrected chi connectivity index (χ1v) is 3.71. The van der Waals surface area contributed by atoms with Crippen LogP contribution in [0, 0.1) is 0 Å². The van der Waals surface area contributed by atoms with Gasteiger partial charge in [0.25, 0.3) is 0 Å². The van der Waals surface area contributed by atoms with Crippen molar-refractivity contribution in [2.24, 2.45) is 0 Å². The Morgan fingerprint density at radius 2 is 1.86 bits per heavy atom. The normalized spacial score (nSPS) is 8.64. The van der Waals surface area contributed by atoms with E-state index in [9.17, 15) is 9.59 Å². The van der Waals surface area contributed by atoms with Crippen molar-refractivity contribution in [3.63, 3.8) is 0 Å². The number of hydrogen-bond acceptors (Lipinski definition) is 4. The molecule has 1 aromatic carbocycles. The van der Waals surface area contributed by atoms with Gasteiger partial charge in [0.2, 0.25) is 0 Å². The summed E-state index contributed by atoms with van der Waals surface area (Å²) in [5, 5.41) is 8.59. The first-order valence-electron chi connectivity index (χ1n) is 3.34. The summed E-state index contributed by atoms with van der Waals surface area (Å²) in [6.07, 6.45) is 0. The van der Waals surface area contributed by atoms with Crippen LogP contribution in [0.5, 0.6) is 0 Å². The Hall–Kier alpha value is -0.490. The minimum absolute atomic E-state index is 0. The predicted molar refractivity (Wildman–Crippen MR) is 55.0 cm³/mol. The van der Waals surface area contributed by atoms with Gasteiger partial charge in [0, 0.05) is 12.9 Å². The number of rotatable bonds is 2. The fraction of sp³-hybridized carbons (Fsp3) is 0. The van der Waals surface area contributed by atoms with Crippen molar-refractivity contribution < 1.29 is 18.9 Å². The zero-order chi connectivity index (χ0) is 9.84. The van der Waals surface area contributed by atoms with E-state index < -0.39 is 11.9 Å². The van der Waals surface area contributed by atoms with Crippen LogP contribution in [0.4, 0.5) is 0 Å². The molecule has 0 amide bonds. The summed E-state index contributed by atoms with van der Waals surface area (Å²) in [4.78, 5) is 21.4. The van der Waals surface area contributed by atoms with Gasteiger partial charge in [-0.25, -0.2) is 9.59 Å². The van der Waals surface area contributed by atoms with Gasteiger partial charge in [0.1, 0.15) is 0 Å². The van der Waals surface area contributed by atoms with E-state index in [0.717, 1.165) is 0 Å². The molecule has 0 atom stereocenters. The Kier molecular flexibility index (Phi) is 5.87. The Labute approximate surface area is 108 Å². The molecule has 70 valence electrons. The van der Waals surface area contributed by atoms with Crippen LogP contribution < -0.4 is 0 Å². The number of carboxylic acid groups (broad SMARTS) is 1. The number of benzene rings is 1. The van der Waals surface area contributed by atoms with Gasteiger partial charge in [-0.15, -0.1) is 0 Å². The molecule has 0 heterocycles. The van der Waals surface area contributed by atoms with Crippen LogP contribution in [0.1, 0.15) is 20.7 Å². The average molecular weight is 222 g/mol. The van der Waals surface area contributed by atoms with Crippen LogP contribution in [0.25, 0.3) is 0 Å². The second-order valence-electron chi connectivity index (χ2n) is 2.26. The molecule has 1 N–H and O–H groups in total. The zero-order valence-electron chi connectivity index (χ0n) is 6.43. The molecule has 0 aromatic heterocycles. The second-order valence-corrected chi connectivity index (χ2v) is 2.45. The first-order chi connectivity index (χ1) is 6.15. The van der Waals surface area contributed by atoms with Crippen molar-refractivity contribution >= 4 is 54.4 Å². The van der Waals surface area contributed by atoms with Gasteiger partial charge in [0.05, 0.1) is 11.1 Å². The number of thiol groups is 1. The predicted octanol–water partition coefficient (Wildman–Crippen LogP) is 0.738. The van der Waals surface area contributed by atoms with Gasteiger partial charge in [-0.05, 0) is 18.2 Å². The fourth-order valence-electron chi connectivity index (χ4n) is 0.832. The quantitative estimate of drug-likeness (QED) is 0.440. The van der Waals surface area contributed by atoms with E-state index in [1.165, 1.54) is 24.3 Å². The molecule has 1 rings (SSSR count). The number of carbonyl (C=O) groups is 2. The van der Waals surface area contributed by atoms with E-state index in [0.29, 0.717) is 0 Å². The standard InChI is InChI=1S/C8H6O4S.Na.H/c9-7(10)5-2-1-3-6(4-5)8(11)12-13;;/h1-4,13H,(H,9,10);;. The topological polar surface area (TPSA) is 63.6 Å². The van der Waals surface area contributed by atoms with Crippen LogP contribution in [-0.2, 0) is 4.18 Å². The molecule has 1 aromatic rings. The molecule has 14 heavy (non-hydrogen) atoms. The van der Waals surface area contributed by atoms with Gasteiger partial charge >= 0.3 is 41.5 Å². The minimum atomic E-state index is -1.09. The molecule has 6 heteroatoms. The van der Waals surface area contributed by atoms with E-state index in [1.54, 1.807) is 0 Å². The molecule has 0 saturated heterocycles. The van der Waals surface area contributed by atoms with Gasteiger partial charge in [-0.3, -0.25) is 0 Å². The van der Waals surface area contributed by atoms with Crippen LogP contribution in [0.15, 0.2) is 24.3 Å². The van der Waals surface area contributed by atoms with Gasteiger partial charge in [0.15, 0.2) is 0 Å². The molecule has 0 saturated carbocycles.